The molecule has 4 aliphatic carbocycles. The van der Waals surface area contributed by atoms with Gasteiger partial charge in [0.15, 0.2) is 5.78 Å². The average Bonchev–Trinajstić information content (AvgIpc) is 2.96. The van der Waals surface area contributed by atoms with Crippen molar-refractivity contribution in [3.63, 3.8) is 0 Å². The maximum Gasteiger partial charge on any atom is 0.303 e. The van der Waals surface area contributed by atoms with E-state index in [1.807, 2.05) is 6.92 Å². The summed E-state index contributed by atoms with van der Waals surface area (Å²) in [5, 5.41) is 23.5. The van der Waals surface area contributed by atoms with E-state index >= 15 is 0 Å². The fraction of sp³-hybridized carbons (Fsp3) is 0.880. The number of Topliss-reactive ketones (excluding diaryl/α,β-unsaturated/α-hetero) is 1. The highest BCUT2D eigenvalue weighted by atomic mass is 16.6. The molecular formula is C25H38O7. The number of rotatable bonds is 3. The third kappa shape index (κ3) is 3.10. The van der Waals surface area contributed by atoms with Gasteiger partial charge < -0.3 is 19.7 Å². The van der Waals surface area contributed by atoms with Crippen LogP contribution in [0.15, 0.2) is 0 Å². The molecule has 0 spiro atoms. The number of ether oxygens (including phenoxy) is 2. The molecule has 0 aromatic carbocycles. The average molecular weight is 451 g/mol. The summed E-state index contributed by atoms with van der Waals surface area (Å²) >= 11 is 0. The Morgan fingerprint density at radius 1 is 0.812 bits per heavy atom. The fourth-order valence-corrected chi connectivity index (χ4v) is 8.49. The minimum Gasteiger partial charge on any atom is -0.462 e. The fourth-order valence-electron chi connectivity index (χ4n) is 8.49. The zero-order valence-electron chi connectivity index (χ0n) is 20.0. The Morgan fingerprint density at radius 2 is 1.38 bits per heavy atom. The van der Waals surface area contributed by atoms with Gasteiger partial charge in [-0.1, -0.05) is 13.8 Å². The number of fused-ring (bicyclic) bond motifs is 5. The second kappa shape index (κ2) is 7.52. The first-order chi connectivity index (χ1) is 14.8. The molecule has 0 heterocycles. The van der Waals surface area contributed by atoms with Crippen LogP contribution in [0.4, 0.5) is 0 Å². The number of esters is 2. The van der Waals surface area contributed by atoms with Crippen molar-refractivity contribution in [2.45, 2.75) is 109 Å². The van der Waals surface area contributed by atoms with Crippen LogP contribution in [0.5, 0.6) is 0 Å². The zero-order valence-corrected chi connectivity index (χ0v) is 20.0. The van der Waals surface area contributed by atoms with Crippen LogP contribution in [0.2, 0.25) is 0 Å². The first-order valence-electron chi connectivity index (χ1n) is 12.1. The maximum absolute atomic E-state index is 12.5. The third-order valence-electron chi connectivity index (χ3n) is 10.2. The van der Waals surface area contributed by atoms with Gasteiger partial charge in [-0.2, -0.15) is 0 Å². The standard InChI is InChI=1S/C25H38O7/c1-14(26)24(29)11-8-20-18-12-21(32-16(3)28)25(30)13-17(31-15(2)27)6-9-23(25,5)19(18)7-10-22(20,24)4/h17-21,29-30H,6-13H2,1-5H3/t17-,18+,19-,20-,21-,22-,23-,24+,25+/m1/s1. The van der Waals surface area contributed by atoms with Crippen LogP contribution in [-0.4, -0.2) is 51.3 Å². The van der Waals surface area contributed by atoms with Gasteiger partial charge in [-0.3, -0.25) is 14.4 Å². The van der Waals surface area contributed by atoms with Crippen LogP contribution >= 0.6 is 0 Å². The van der Waals surface area contributed by atoms with Crippen molar-refractivity contribution in [1.82, 2.24) is 0 Å². The van der Waals surface area contributed by atoms with Gasteiger partial charge in [-0.15, -0.1) is 0 Å². The van der Waals surface area contributed by atoms with E-state index in [-0.39, 0.29) is 35.9 Å². The van der Waals surface area contributed by atoms with Crippen LogP contribution in [0.1, 0.15) is 86.0 Å². The lowest BCUT2D eigenvalue weighted by Crippen LogP contribution is -2.70. The number of carbonyl (C=O) groups excluding carboxylic acids is 3. The first-order valence-corrected chi connectivity index (χ1v) is 12.1. The lowest BCUT2D eigenvalue weighted by molar-refractivity contribution is -0.273. The van der Waals surface area contributed by atoms with Crippen LogP contribution < -0.4 is 0 Å². The van der Waals surface area contributed by atoms with Gasteiger partial charge >= 0.3 is 11.9 Å². The molecule has 4 aliphatic rings. The summed E-state index contributed by atoms with van der Waals surface area (Å²) in [5.41, 5.74) is -3.63. The van der Waals surface area contributed by atoms with E-state index in [4.69, 9.17) is 9.47 Å². The molecular weight excluding hydrogens is 412 g/mol. The largest absolute Gasteiger partial charge is 0.462 e. The quantitative estimate of drug-likeness (QED) is 0.636. The molecule has 9 atom stereocenters. The predicted octanol–water partition coefficient (Wildman–Crippen LogP) is 2.94. The summed E-state index contributed by atoms with van der Waals surface area (Å²) in [6.45, 7) is 8.35. The molecule has 0 aliphatic heterocycles. The molecule has 7 heteroatoms. The summed E-state index contributed by atoms with van der Waals surface area (Å²) < 4.78 is 11.2. The van der Waals surface area contributed by atoms with E-state index in [1.165, 1.54) is 20.8 Å². The lowest BCUT2D eigenvalue weighted by Gasteiger charge is -2.65. The SMILES string of the molecule is CC(=O)O[C@@H]1CC[C@]2(C)[C@@H]3CC[C@]4(C)[C@H](CC[C@]4(O)C(C)=O)[C@H]3C[C@@H](OC(C)=O)[C@@]2(O)C1. The van der Waals surface area contributed by atoms with Crippen molar-refractivity contribution in [1.29, 1.82) is 0 Å². The summed E-state index contributed by atoms with van der Waals surface area (Å²) in [6.07, 6.45) is 3.71. The summed E-state index contributed by atoms with van der Waals surface area (Å²) in [7, 11) is 0. The molecule has 32 heavy (non-hydrogen) atoms. The highest BCUT2D eigenvalue weighted by molar-refractivity contribution is 5.86. The Labute approximate surface area is 190 Å². The molecule has 0 amide bonds. The highest BCUT2D eigenvalue weighted by Crippen LogP contribution is 2.69. The van der Waals surface area contributed by atoms with Crippen LogP contribution in [0.25, 0.3) is 0 Å². The van der Waals surface area contributed by atoms with Gasteiger partial charge in [0.05, 0.1) is 0 Å². The maximum atomic E-state index is 12.5. The lowest BCUT2D eigenvalue weighted by atomic mass is 9.42. The second-order valence-corrected chi connectivity index (χ2v) is 11.4. The van der Waals surface area contributed by atoms with Crippen molar-refractivity contribution in [3.8, 4) is 0 Å². The summed E-state index contributed by atoms with van der Waals surface area (Å²) in [4.78, 5) is 36.1. The van der Waals surface area contributed by atoms with E-state index in [0.717, 1.165) is 19.3 Å². The van der Waals surface area contributed by atoms with Crippen molar-refractivity contribution in [2.24, 2.45) is 28.6 Å². The molecule has 0 aromatic heterocycles. The van der Waals surface area contributed by atoms with Crippen molar-refractivity contribution < 1.29 is 34.1 Å². The molecule has 0 unspecified atom stereocenters. The molecule has 0 aromatic rings. The van der Waals surface area contributed by atoms with Crippen LogP contribution in [0, 0.1) is 28.6 Å². The van der Waals surface area contributed by atoms with Gasteiger partial charge in [0.1, 0.15) is 23.4 Å². The van der Waals surface area contributed by atoms with Crippen molar-refractivity contribution in [3.05, 3.63) is 0 Å². The monoisotopic (exact) mass is 450 g/mol. The number of aliphatic hydroxyl groups is 2. The first kappa shape index (κ1) is 23.7. The van der Waals surface area contributed by atoms with Crippen LogP contribution in [-0.2, 0) is 23.9 Å². The van der Waals surface area contributed by atoms with Gasteiger partial charge in [0, 0.05) is 31.1 Å². The molecule has 180 valence electrons. The Hall–Kier alpha value is -1.47. The minimum atomic E-state index is -1.32. The Kier molecular flexibility index (Phi) is 5.57. The number of hydrogen-bond donors (Lipinski definition) is 2. The Morgan fingerprint density at radius 3 is 1.97 bits per heavy atom. The molecule has 0 radical (unpaired) electrons. The minimum absolute atomic E-state index is 0.126. The summed E-state index contributed by atoms with van der Waals surface area (Å²) in [5.74, 6) is -0.530. The van der Waals surface area contributed by atoms with E-state index in [9.17, 15) is 24.6 Å². The molecule has 4 rings (SSSR count). The van der Waals surface area contributed by atoms with E-state index in [0.29, 0.717) is 25.7 Å². The third-order valence-corrected chi connectivity index (χ3v) is 10.2. The van der Waals surface area contributed by atoms with Gasteiger partial charge in [-0.05, 0) is 69.6 Å². The smallest absolute Gasteiger partial charge is 0.303 e. The van der Waals surface area contributed by atoms with Gasteiger partial charge in [0.2, 0.25) is 0 Å². The van der Waals surface area contributed by atoms with Crippen LogP contribution in [0.3, 0.4) is 0 Å². The van der Waals surface area contributed by atoms with E-state index in [1.54, 1.807) is 0 Å². The number of ketones is 1. The molecule has 0 bridgehead atoms. The normalized spacial score (nSPS) is 49.9. The molecule has 2 N–H and O–H groups in total. The molecule has 4 fully saturated rings. The van der Waals surface area contributed by atoms with Crippen molar-refractivity contribution >= 4 is 17.7 Å². The second-order valence-electron chi connectivity index (χ2n) is 11.4. The predicted molar refractivity (Wildman–Crippen MR) is 115 cm³/mol. The van der Waals surface area contributed by atoms with E-state index in [2.05, 4.69) is 6.92 Å². The highest BCUT2D eigenvalue weighted by Gasteiger charge is 2.71. The number of carbonyl (C=O) groups is 3. The van der Waals surface area contributed by atoms with Gasteiger partial charge in [-0.25, -0.2) is 0 Å². The van der Waals surface area contributed by atoms with Crippen molar-refractivity contribution in [2.75, 3.05) is 0 Å². The molecule has 0 saturated heterocycles. The molecule has 4 saturated carbocycles. The zero-order chi connectivity index (χ0) is 23.7. The Balaban J connectivity index is 1.72. The Bertz CT molecular complexity index is 825. The molecule has 7 nitrogen and oxygen atoms in total. The summed E-state index contributed by atoms with van der Waals surface area (Å²) in [6, 6.07) is 0. The topological polar surface area (TPSA) is 110 Å². The van der Waals surface area contributed by atoms with E-state index < -0.39 is 40.2 Å². The van der Waals surface area contributed by atoms with Gasteiger partial charge in [0.25, 0.3) is 0 Å². The number of hydrogen-bond acceptors (Lipinski definition) is 7.